The summed E-state index contributed by atoms with van der Waals surface area (Å²) >= 11 is 0. The number of aliphatic hydroxyl groups is 2. The molecular weight excluding hydrogens is 204 g/mol. The van der Waals surface area contributed by atoms with E-state index < -0.39 is 12.2 Å². The Kier molecular flexibility index (Phi) is 4.73. The van der Waals surface area contributed by atoms with Gasteiger partial charge < -0.3 is 21.3 Å². The van der Waals surface area contributed by atoms with E-state index in [4.69, 9.17) is 5.73 Å². The first-order chi connectivity index (χ1) is 7.56. The highest BCUT2D eigenvalue weighted by molar-refractivity contribution is 5.49. The van der Waals surface area contributed by atoms with Crippen molar-refractivity contribution >= 4 is 5.69 Å². The molecular formula is C12H20N2O2. The van der Waals surface area contributed by atoms with Gasteiger partial charge in [-0.2, -0.15) is 0 Å². The van der Waals surface area contributed by atoms with Gasteiger partial charge in [0.2, 0.25) is 0 Å². The van der Waals surface area contributed by atoms with Gasteiger partial charge in [-0.15, -0.1) is 0 Å². The Morgan fingerprint density at radius 3 is 2.69 bits per heavy atom. The van der Waals surface area contributed by atoms with Gasteiger partial charge in [-0.25, -0.2) is 0 Å². The molecule has 1 rings (SSSR count). The molecule has 0 aromatic heterocycles. The predicted molar refractivity (Wildman–Crippen MR) is 65.1 cm³/mol. The third kappa shape index (κ3) is 3.20. The third-order valence-corrected chi connectivity index (χ3v) is 2.62. The number of hydrogen-bond donors (Lipinski definition) is 4. The molecule has 0 aliphatic rings. The highest BCUT2D eigenvalue weighted by Gasteiger charge is 2.19. The second-order valence-electron chi connectivity index (χ2n) is 4.04. The van der Waals surface area contributed by atoms with Crippen molar-refractivity contribution in [2.75, 3.05) is 19.3 Å². The number of anilines is 1. The van der Waals surface area contributed by atoms with E-state index in [1.54, 1.807) is 13.1 Å². The number of benzene rings is 1. The maximum atomic E-state index is 9.96. The molecule has 0 aliphatic heterocycles. The molecule has 0 amide bonds. The summed E-state index contributed by atoms with van der Waals surface area (Å²) in [5.41, 5.74) is 7.90. The van der Waals surface area contributed by atoms with Crippen LogP contribution in [0.2, 0.25) is 0 Å². The molecule has 5 N–H and O–H groups in total. The number of aliphatic hydroxyl groups excluding tert-OH is 2. The molecule has 90 valence electrons. The van der Waals surface area contributed by atoms with Gasteiger partial charge in [0.25, 0.3) is 0 Å². The summed E-state index contributed by atoms with van der Waals surface area (Å²) in [6.45, 7) is 2.58. The highest BCUT2D eigenvalue weighted by Crippen LogP contribution is 2.25. The standard InChI is InChI=1S/C12H20N2O2/c1-8-3-4-10(13)9(7-8)12(16)11(15)5-6-14-2/h3-4,7,11-12,14-16H,5-6,13H2,1-2H3. The number of nitrogens with two attached hydrogens (primary N) is 1. The number of nitrogen functional groups attached to an aromatic ring is 1. The Balaban J connectivity index is 2.78. The SMILES string of the molecule is CNCCC(O)C(O)c1cc(C)ccc1N. The molecule has 4 nitrogen and oxygen atoms in total. The molecule has 0 heterocycles. The first-order valence-corrected chi connectivity index (χ1v) is 5.43. The van der Waals surface area contributed by atoms with Crippen LogP contribution in [0.15, 0.2) is 18.2 Å². The van der Waals surface area contributed by atoms with Gasteiger partial charge in [-0.3, -0.25) is 0 Å². The van der Waals surface area contributed by atoms with Gasteiger partial charge in [0.05, 0.1) is 6.10 Å². The van der Waals surface area contributed by atoms with Gasteiger partial charge in [-0.1, -0.05) is 17.7 Å². The summed E-state index contributed by atoms with van der Waals surface area (Å²) in [4.78, 5) is 0. The second-order valence-corrected chi connectivity index (χ2v) is 4.04. The van der Waals surface area contributed by atoms with Crippen LogP contribution in [-0.4, -0.2) is 29.9 Å². The minimum absolute atomic E-state index is 0.491. The van der Waals surface area contributed by atoms with E-state index in [-0.39, 0.29) is 0 Å². The Bertz CT molecular complexity index is 342. The lowest BCUT2D eigenvalue weighted by Crippen LogP contribution is -2.24. The Hall–Kier alpha value is -1.10. The van der Waals surface area contributed by atoms with Crippen LogP contribution in [0.3, 0.4) is 0 Å². The summed E-state index contributed by atoms with van der Waals surface area (Å²) < 4.78 is 0. The molecule has 2 atom stereocenters. The molecule has 0 saturated heterocycles. The summed E-state index contributed by atoms with van der Waals surface area (Å²) in [6.07, 6.45) is -1.23. The average molecular weight is 224 g/mol. The zero-order valence-electron chi connectivity index (χ0n) is 9.77. The van der Waals surface area contributed by atoms with Gasteiger partial charge in [0.15, 0.2) is 0 Å². The molecule has 2 unspecified atom stereocenters. The maximum absolute atomic E-state index is 9.96. The van der Waals surface area contributed by atoms with Crippen molar-refractivity contribution in [2.24, 2.45) is 0 Å². The zero-order chi connectivity index (χ0) is 12.1. The molecule has 16 heavy (non-hydrogen) atoms. The first-order valence-electron chi connectivity index (χ1n) is 5.43. The average Bonchev–Trinajstić information content (AvgIpc) is 2.28. The van der Waals surface area contributed by atoms with Crippen LogP contribution in [0, 0.1) is 6.92 Å². The second kappa shape index (κ2) is 5.84. The van der Waals surface area contributed by atoms with E-state index in [2.05, 4.69) is 5.32 Å². The number of aryl methyl sites for hydroxylation is 1. The van der Waals surface area contributed by atoms with E-state index in [0.29, 0.717) is 24.2 Å². The quantitative estimate of drug-likeness (QED) is 0.552. The van der Waals surface area contributed by atoms with Crippen LogP contribution in [0.1, 0.15) is 23.7 Å². The molecule has 0 fully saturated rings. The van der Waals surface area contributed by atoms with E-state index in [1.165, 1.54) is 0 Å². The fraction of sp³-hybridized carbons (Fsp3) is 0.500. The van der Waals surface area contributed by atoms with Gasteiger partial charge >= 0.3 is 0 Å². The summed E-state index contributed by atoms with van der Waals surface area (Å²) in [5, 5.41) is 22.7. The van der Waals surface area contributed by atoms with Crippen LogP contribution in [-0.2, 0) is 0 Å². The van der Waals surface area contributed by atoms with Crippen LogP contribution >= 0.6 is 0 Å². The minimum Gasteiger partial charge on any atom is -0.398 e. The predicted octanol–water partition coefficient (Wildman–Crippen LogP) is 0.581. The Morgan fingerprint density at radius 2 is 2.06 bits per heavy atom. The molecule has 0 aliphatic carbocycles. The van der Waals surface area contributed by atoms with Gasteiger partial charge in [0, 0.05) is 11.3 Å². The van der Waals surface area contributed by atoms with E-state index in [1.807, 2.05) is 19.1 Å². The zero-order valence-corrected chi connectivity index (χ0v) is 9.77. The monoisotopic (exact) mass is 224 g/mol. The van der Waals surface area contributed by atoms with Crippen molar-refractivity contribution in [1.29, 1.82) is 0 Å². The van der Waals surface area contributed by atoms with Crippen LogP contribution in [0.25, 0.3) is 0 Å². The molecule has 0 spiro atoms. The van der Waals surface area contributed by atoms with Crippen molar-refractivity contribution in [2.45, 2.75) is 25.6 Å². The van der Waals surface area contributed by atoms with E-state index in [0.717, 1.165) is 5.56 Å². The van der Waals surface area contributed by atoms with Crippen molar-refractivity contribution in [3.05, 3.63) is 29.3 Å². The molecule has 0 saturated carbocycles. The van der Waals surface area contributed by atoms with Crippen LogP contribution in [0.5, 0.6) is 0 Å². The van der Waals surface area contributed by atoms with Crippen molar-refractivity contribution < 1.29 is 10.2 Å². The number of nitrogens with one attached hydrogen (secondary N) is 1. The van der Waals surface area contributed by atoms with Crippen LogP contribution < -0.4 is 11.1 Å². The fourth-order valence-corrected chi connectivity index (χ4v) is 1.61. The largest absolute Gasteiger partial charge is 0.398 e. The van der Waals surface area contributed by atoms with Gasteiger partial charge in [0.1, 0.15) is 6.10 Å². The summed E-state index contributed by atoms with van der Waals surface area (Å²) in [6, 6.07) is 5.44. The normalized spacial score (nSPS) is 14.8. The number of hydrogen-bond acceptors (Lipinski definition) is 4. The highest BCUT2D eigenvalue weighted by atomic mass is 16.3. The molecule has 4 heteroatoms. The van der Waals surface area contributed by atoms with Gasteiger partial charge in [-0.05, 0) is 33.0 Å². The molecule has 1 aromatic carbocycles. The van der Waals surface area contributed by atoms with Crippen molar-refractivity contribution in [1.82, 2.24) is 5.32 Å². The van der Waals surface area contributed by atoms with Crippen molar-refractivity contribution in [3.63, 3.8) is 0 Å². The molecule has 0 bridgehead atoms. The topological polar surface area (TPSA) is 78.5 Å². The first kappa shape index (κ1) is 13.0. The van der Waals surface area contributed by atoms with E-state index >= 15 is 0 Å². The summed E-state index contributed by atoms with van der Waals surface area (Å²) in [5.74, 6) is 0. The maximum Gasteiger partial charge on any atom is 0.107 e. The number of rotatable bonds is 5. The lowest BCUT2D eigenvalue weighted by atomic mass is 9.99. The Morgan fingerprint density at radius 1 is 1.38 bits per heavy atom. The summed E-state index contributed by atoms with van der Waals surface area (Å²) in [7, 11) is 1.81. The van der Waals surface area contributed by atoms with E-state index in [9.17, 15) is 10.2 Å². The van der Waals surface area contributed by atoms with Crippen molar-refractivity contribution in [3.8, 4) is 0 Å². The minimum atomic E-state index is -0.923. The smallest absolute Gasteiger partial charge is 0.107 e. The Labute approximate surface area is 96.1 Å². The lowest BCUT2D eigenvalue weighted by molar-refractivity contribution is 0.0144. The lowest BCUT2D eigenvalue weighted by Gasteiger charge is -2.20. The molecule has 1 aromatic rings. The van der Waals surface area contributed by atoms with Crippen LogP contribution in [0.4, 0.5) is 5.69 Å². The molecule has 0 radical (unpaired) electrons. The third-order valence-electron chi connectivity index (χ3n) is 2.62. The fourth-order valence-electron chi connectivity index (χ4n) is 1.61.